The Morgan fingerprint density at radius 3 is 2.81 bits per heavy atom. The molecule has 1 N–H and O–H groups in total. The average molecular weight is 367 g/mol. The number of hydrogen-bond donors (Lipinski definition) is 1. The summed E-state index contributed by atoms with van der Waals surface area (Å²) in [5.41, 5.74) is 5.52. The molecule has 2 aromatic heterocycles. The molecule has 27 heavy (non-hydrogen) atoms. The maximum absolute atomic E-state index is 12.4. The van der Waals surface area contributed by atoms with Gasteiger partial charge in [0, 0.05) is 12.1 Å². The number of fused-ring (bicyclic) bond motifs is 2. The van der Waals surface area contributed by atoms with Crippen molar-refractivity contribution in [1.29, 1.82) is 0 Å². The second-order valence-corrected chi connectivity index (χ2v) is 8.44. The zero-order valence-electron chi connectivity index (χ0n) is 17.2. The molecule has 0 saturated carbocycles. The monoisotopic (exact) mass is 366 g/mol. The van der Waals surface area contributed by atoms with E-state index in [1.54, 1.807) is 0 Å². The lowest BCUT2D eigenvalue weighted by atomic mass is 9.71. The maximum atomic E-state index is 12.4. The van der Waals surface area contributed by atoms with Crippen molar-refractivity contribution in [3.05, 3.63) is 28.6 Å². The predicted molar refractivity (Wildman–Crippen MR) is 109 cm³/mol. The van der Waals surface area contributed by atoms with Gasteiger partial charge in [0.2, 0.25) is 0 Å². The molecule has 0 aliphatic heterocycles. The molecular formula is C23H30N2O2. The highest BCUT2D eigenvalue weighted by molar-refractivity contribution is 5.99. The second-order valence-electron chi connectivity index (χ2n) is 8.44. The molecule has 1 aliphatic rings. The zero-order chi connectivity index (χ0) is 19.6. The van der Waals surface area contributed by atoms with E-state index in [1.807, 2.05) is 6.92 Å². The third kappa shape index (κ3) is 4.03. The fraction of sp³-hybridized carbons (Fsp3) is 0.565. The third-order valence-corrected chi connectivity index (χ3v) is 5.43. The molecule has 1 aliphatic carbocycles. The van der Waals surface area contributed by atoms with Crippen LogP contribution in [0, 0.1) is 23.2 Å². The van der Waals surface area contributed by atoms with Gasteiger partial charge in [-0.3, -0.25) is 0 Å². The summed E-state index contributed by atoms with van der Waals surface area (Å²) in [5, 5.41) is 0. The van der Waals surface area contributed by atoms with Crippen LogP contribution in [-0.2, 0) is 17.6 Å². The summed E-state index contributed by atoms with van der Waals surface area (Å²) >= 11 is 0. The number of ether oxygens (including phenoxy) is 1. The van der Waals surface area contributed by atoms with Gasteiger partial charge in [0.1, 0.15) is 11.2 Å². The normalized spacial score (nSPS) is 16.6. The Morgan fingerprint density at radius 2 is 2.15 bits per heavy atom. The van der Waals surface area contributed by atoms with Crippen LogP contribution in [0.1, 0.15) is 81.2 Å². The maximum Gasteiger partial charge on any atom is 0.356 e. The minimum atomic E-state index is -0.359. The lowest BCUT2D eigenvalue weighted by molar-refractivity contribution is 0.0520. The van der Waals surface area contributed by atoms with Gasteiger partial charge in [-0.05, 0) is 55.6 Å². The summed E-state index contributed by atoms with van der Waals surface area (Å²) in [5.74, 6) is 6.61. The molecule has 0 spiro atoms. The number of rotatable bonds is 3. The zero-order valence-corrected chi connectivity index (χ0v) is 17.2. The van der Waals surface area contributed by atoms with Crippen molar-refractivity contribution in [2.75, 3.05) is 6.61 Å². The predicted octanol–water partition coefficient (Wildman–Crippen LogP) is 5.04. The van der Waals surface area contributed by atoms with Crippen LogP contribution in [0.25, 0.3) is 11.0 Å². The SMILES string of the molecule is CCCC#Cc1c(C(=O)OCC)[nH]c2cc3c(nc12)CCC(C(C)(C)C)C3. The Balaban J connectivity index is 2.08. The minimum absolute atomic E-state index is 0.287. The van der Waals surface area contributed by atoms with E-state index in [-0.39, 0.29) is 11.4 Å². The van der Waals surface area contributed by atoms with Crippen LogP contribution >= 0.6 is 0 Å². The highest BCUT2D eigenvalue weighted by atomic mass is 16.5. The molecule has 0 fully saturated rings. The third-order valence-electron chi connectivity index (χ3n) is 5.43. The fourth-order valence-corrected chi connectivity index (χ4v) is 3.76. The first-order chi connectivity index (χ1) is 12.8. The van der Waals surface area contributed by atoms with Crippen LogP contribution in [0.2, 0.25) is 0 Å². The number of unbranched alkanes of at least 4 members (excludes halogenated alkanes) is 1. The first-order valence-corrected chi connectivity index (χ1v) is 10.1. The summed E-state index contributed by atoms with van der Waals surface area (Å²) < 4.78 is 5.23. The van der Waals surface area contributed by atoms with Crippen LogP contribution in [0.4, 0.5) is 0 Å². The Kier molecular flexibility index (Phi) is 5.60. The van der Waals surface area contributed by atoms with Gasteiger partial charge in [0.25, 0.3) is 0 Å². The Hall–Kier alpha value is -2.28. The number of pyridine rings is 1. The molecular weight excluding hydrogens is 336 g/mol. The smallest absolute Gasteiger partial charge is 0.356 e. The first kappa shape index (κ1) is 19.5. The van der Waals surface area contributed by atoms with Crippen LogP contribution in [-0.4, -0.2) is 22.5 Å². The number of carbonyl (C=O) groups is 1. The van der Waals surface area contributed by atoms with Gasteiger partial charge >= 0.3 is 5.97 Å². The highest BCUT2D eigenvalue weighted by Gasteiger charge is 2.30. The van der Waals surface area contributed by atoms with Crippen molar-refractivity contribution in [3.8, 4) is 11.8 Å². The topological polar surface area (TPSA) is 55.0 Å². The molecule has 3 rings (SSSR count). The molecule has 0 bridgehead atoms. The van der Waals surface area contributed by atoms with Crippen molar-refractivity contribution >= 4 is 17.0 Å². The van der Waals surface area contributed by atoms with Crippen LogP contribution in [0.3, 0.4) is 0 Å². The van der Waals surface area contributed by atoms with Crippen LogP contribution in [0.15, 0.2) is 6.07 Å². The molecule has 0 saturated heterocycles. The van der Waals surface area contributed by atoms with Gasteiger partial charge in [-0.15, -0.1) is 0 Å². The molecule has 4 heteroatoms. The van der Waals surface area contributed by atoms with E-state index >= 15 is 0 Å². The Labute approximate surface area is 162 Å². The van der Waals surface area contributed by atoms with Crippen molar-refractivity contribution < 1.29 is 9.53 Å². The summed E-state index contributed by atoms with van der Waals surface area (Å²) in [6.07, 6.45) is 4.95. The first-order valence-electron chi connectivity index (χ1n) is 10.1. The number of H-pyrrole nitrogens is 1. The Bertz CT molecular complexity index is 906. The lowest BCUT2D eigenvalue weighted by Gasteiger charge is -2.34. The van der Waals surface area contributed by atoms with E-state index in [0.717, 1.165) is 48.8 Å². The standard InChI is InChI=1S/C23H30N2O2/c1-6-8-9-10-17-20-19(25-21(17)22(26)27-7-2)14-15-13-16(23(3,4)5)11-12-18(15)24-20/h14,16,25H,6-8,11-13H2,1-5H3. The number of nitrogens with zero attached hydrogens (tertiary/aromatic N) is 1. The average Bonchev–Trinajstić information content (AvgIpc) is 2.97. The van der Waals surface area contributed by atoms with Gasteiger partial charge in [-0.25, -0.2) is 9.78 Å². The molecule has 1 unspecified atom stereocenters. The number of carbonyl (C=O) groups excluding carboxylic acids is 1. The van der Waals surface area contributed by atoms with Crippen molar-refractivity contribution in [3.63, 3.8) is 0 Å². The van der Waals surface area contributed by atoms with Crippen molar-refractivity contribution in [1.82, 2.24) is 9.97 Å². The van der Waals surface area contributed by atoms with Gasteiger partial charge in [0.05, 0.1) is 17.7 Å². The van der Waals surface area contributed by atoms with E-state index in [1.165, 1.54) is 5.56 Å². The Morgan fingerprint density at radius 1 is 1.37 bits per heavy atom. The quantitative estimate of drug-likeness (QED) is 0.611. The molecule has 1 atom stereocenters. The largest absolute Gasteiger partial charge is 0.461 e. The molecule has 0 aromatic carbocycles. The highest BCUT2D eigenvalue weighted by Crippen LogP contribution is 2.38. The number of esters is 1. The van der Waals surface area contributed by atoms with Gasteiger partial charge in [-0.1, -0.05) is 39.5 Å². The summed E-state index contributed by atoms with van der Waals surface area (Å²) in [4.78, 5) is 20.6. The van der Waals surface area contributed by atoms with E-state index in [9.17, 15) is 4.79 Å². The molecule has 4 nitrogen and oxygen atoms in total. The molecule has 2 aromatic rings. The number of nitrogens with one attached hydrogen (secondary N) is 1. The number of aryl methyl sites for hydroxylation is 1. The van der Waals surface area contributed by atoms with E-state index in [2.05, 4.69) is 50.6 Å². The van der Waals surface area contributed by atoms with Crippen LogP contribution < -0.4 is 0 Å². The summed E-state index contributed by atoms with van der Waals surface area (Å²) in [7, 11) is 0. The van der Waals surface area contributed by atoms with Gasteiger partial charge < -0.3 is 9.72 Å². The van der Waals surface area contributed by atoms with E-state index < -0.39 is 0 Å². The van der Waals surface area contributed by atoms with Gasteiger partial charge in [-0.2, -0.15) is 0 Å². The molecule has 0 radical (unpaired) electrons. The van der Waals surface area contributed by atoms with Crippen molar-refractivity contribution in [2.24, 2.45) is 11.3 Å². The van der Waals surface area contributed by atoms with E-state index in [4.69, 9.17) is 9.72 Å². The number of aromatic nitrogens is 2. The minimum Gasteiger partial charge on any atom is -0.461 e. The van der Waals surface area contributed by atoms with Crippen LogP contribution in [0.5, 0.6) is 0 Å². The van der Waals surface area contributed by atoms with Crippen molar-refractivity contribution in [2.45, 2.75) is 66.7 Å². The summed E-state index contributed by atoms with van der Waals surface area (Å²) in [6.45, 7) is 11.2. The number of hydrogen-bond acceptors (Lipinski definition) is 3. The van der Waals surface area contributed by atoms with Gasteiger partial charge in [0.15, 0.2) is 0 Å². The number of aromatic amines is 1. The molecule has 2 heterocycles. The second kappa shape index (κ2) is 7.76. The fourth-order valence-electron chi connectivity index (χ4n) is 3.76. The lowest BCUT2D eigenvalue weighted by Crippen LogP contribution is -2.27. The summed E-state index contributed by atoms with van der Waals surface area (Å²) in [6, 6.07) is 2.17. The molecule has 144 valence electrons. The van der Waals surface area contributed by atoms with E-state index in [0.29, 0.717) is 23.8 Å². The molecule has 0 amide bonds.